The minimum Gasteiger partial charge on any atom is -0.494 e. The van der Waals surface area contributed by atoms with Crippen LogP contribution in [0, 0.1) is 11.8 Å². The van der Waals surface area contributed by atoms with E-state index >= 15 is 0 Å². The summed E-state index contributed by atoms with van der Waals surface area (Å²) >= 11 is 0. The molecular formula is C37H48O10. The van der Waals surface area contributed by atoms with Crippen molar-refractivity contribution in [3.05, 3.63) is 60.7 Å². The van der Waals surface area contributed by atoms with E-state index in [4.69, 9.17) is 23.7 Å². The number of hydrogen-bond acceptors (Lipinski definition) is 10. The highest BCUT2D eigenvalue weighted by Crippen LogP contribution is 2.32. The molecule has 0 aromatic heterocycles. The fourth-order valence-corrected chi connectivity index (χ4v) is 5.09. The van der Waals surface area contributed by atoms with Crippen molar-refractivity contribution in [2.75, 3.05) is 26.4 Å². The van der Waals surface area contributed by atoms with Crippen molar-refractivity contribution >= 4 is 24.4 Å². The molecule has 10 heteroatoms. The van der Waals surface area contributed by atoms with Crippen LogP contribution in [0.25, 0.3) is 0 Å². The Morgan fingerprint density at radius 3 is 1.40 bits per heavy atom. The summed E-state index contributed by atoms with van der Waals surface area (Å²) in [6, 6.07) is 14.0. The largest absolute Gasteiger partial charge is 0.494 e. The third kappa shape index (κ3) is 14.7. The fourth-order valence-electron chi connectivity index (χ4n) is 5.09. The maximum Gasteiger partial charge on any atom is 0.333 e. The number of benzene rings is 2. The van der Waals surface area contributed by atoms with Crippen molar-refractivity contribution in [3.8, 4) is 23.0 Å². The van der Waals surface area contributed by atoms with E-state index in [1.165, 1.54) is 0 Å². The van der Waals surface area contributed by atoms with Crippen LogP contribution in [0.2, 0.25) is 0 Å². The average molecular weight is 653 g/mol. The van der Waals surface area contributed by atoms with Gasteiger partial charge in [0, 0.05) is 5.57 Å². The number of hydrogen-bond donors (Lipinski definition) is 0. The first kappa shape index (κ1) is 37.1. The molecule has 0 N–H and O–H groups in total. The molecule has 1 fully saturated rings. The Bertz CT molecular complexity index is 1250. The lowest BCUT2D eigenvalue weighted by Crippen LogP contribution is -2.30. The van der Waals surface area contributed by atoms with Gasteiger partial charge >= 0.3 is 17.9 Å². The molecule has 256 valence electrons. The molecule has 10 nitrogen and oxygen atoms in total. The van der Waals surface area contributed by atoms with Gasteiger partial charge in [0.2, 0.25) is 0 Å². The fraction of sp³-hybridized carbons (Fsp3) is 0.514. The number of carbonyl (C=O) groups is 4. The van der Waals surface area contributed by atoms with Crippen molar-refractivity contribution < 1.29 is 47.6 Å². The lowest BCUT2D eigenvalue weighted by Gasteiger charge is -2.25. The van der Waals surface area contributed by atoms with Gasteiger partial charge in [0.25, 0.3) is 6.47 Å². The minimum atomic E-state index is -0.349. The van der Waals surface area contributed by atoms with Crippen LogP contribution in [0.4, 0.5) is 0 Å². The van der Waals surface area contributed by atoms with E-state index in [0.29, 0.717) is 87.2 Å². The zero-order chi connectivity index (χ0) is 33.7. The van der Waals surface area contributed by atoms with Gasteiger partial charge in [-0.2, -0.15) is 0 Å². The minimum absolute atomic E-state index is 0.262. The van der Waals surface area contributed by atoms with Crippen molar-refractivity contribution in [1.29, 1.82) is 0 Å². The van der Waals surface area contributed by atoms with Crippen molar-refractivity contribution in [2.24, 2.45) is 11.8 Å². The Hall–Kier alpha value is -4.34. The SMILES string of the molecule is C=C(C)C(=O)OCCCCCCOc1ccc(OC(=O)C2CCC(C(=O)Oc3ccc(OCCCCCCOC=O)cc3)CC2)cc1. The highest BCUT2D eigenvalue weighted by molar-refractivity contribution is 5.86. The predicted octanol–water partition coefficient (Wildman–Crippen LogP) is 7.17. The molecular weight excluding hydrogens is 604 g/mol. The molecule has 3 rings (SSSR count). The zero-order valence-corrected chi connectivity index (χ0v) is 27.5. The van der Waals surface area contributed by atoms with Gasteiger partial charge < -0.3 is 28.4 Å². The molecule has 0 radical (unpaired) electrons. The summed E-state index contributed by atoms with van der Waals surface area (Å²) in [7, 11) is 0. The first-order chi connectivity index (χ1) is 22.9. The first-order valence-electron chi connectivity index (χ1n) is 16.6. The Kier molecular flexibility index (Phi) is 16.9. The molecule has 2 aromatic carbocycles. The van der Waals surface area contributed by atoms with Crippen LogP contribution in [0.3, 0.4) is 0 Å². The second-order valence-corrected chi connectivity index (χ2v) is 11.7. The van der Waals surface area contributed by atoms with Crippen molar-refractivity contribution in [2.45, 2.75) is 84.0 Å². The lowest BCUT2D eigenvalue weighted by atomic mass is 9.82. The van der Waals surface area contributed by atoms with E-state index in [1.807, 2.05) is 0 Å². The molecule has 0 unspecified atom stereocenters. The normalized spacial score (nSPS) is 15.6. The maximum absolute atomic E-state index is 12.8. The molecule has 0 bridgehead atoms. The monoisotopic (exact) mass is 652 g/mol. The molecule has 0 heterocycles. The van der Waals surface area contributed by atoms with Gasteiger partial charge in [-0.25, -0.2) is 4.79 Å². The van der Waals surface area contributed by atoms with Gasteiger partial charge in [-0.15, -0.1) is 0 Å². The van der Waals surface area contributed by atoms with Gasteiger partial charge in [-0.05, 0) is 133 Å². The number of unbranched alkanes of at least 4 members (excludes halogenated alkanes) is 6. The Morgan fingerprint density at radius 1 is 0.617 bits per heavy atom. The highest BCUT2D eigenvalue weighted by Gasteiger charge is 2.32. The van der Waals surface area contributed by atoms with Gasteiger partial charge in [0.05, 0.1) is 38.3 Å². The standard InChI is InChI=1S/C37H48O10/c1-28(2)35(39)45-26-10-6-5-9-25-44-32-17-21-34(22-18-32)47-37(41)30-13-11-29(12-14-30)36(40)46-33-19-15-31(16-20-33)43-24-8-4-3-7-23-42-27-38/h15-22,27,29-30H,1,3-14,23-26H2,2H3. The lowest BCUT2D eigenvalue weighted by molar-refractivity contribution is -0.145. The molecule has 0 aliphatic heterocycles. The van der Waals surface area contributed by atoms with Gasteiger partial charge in [-0.3, -0.25) is 14.4 Å². The number of esters is 3. The topological polar surface area (TPSA) is 124 Å². The zero-order valence-electron chi connectivity index (χ0n) is 27.5. The quantitative estimate of drug-likeness (QED) is 0.0425. The summed E-state index contributed by atoms with van der Waals surface area (Å²) in [6.07, 6.45) is 9.56. The van der Waals surface area contributed by atoms with Crippen LogP contribution in [0.5, 0.6) is 23.0 Å². The number of ether oxygens (including phenoxy) is 6. The predicted molar refractivity (Wildman–Crippen MR) is 175 cm³/mol. The first-order valence-corrected chi connectivity index (χ1v) is 16.6. The summed E-state index contributed by atoms with van der Waals surface area (Å²) in [5, 5.41) is 0. The third-order valence-corrected chi connectivity index (χ3v) is 7.86. The van der Waals surface area contributed by atoms with E-state index in [9.17, 15) is 19.2 Å². The van der Waals surface area contributed by atoms with Gasteiger partial charge in [0.1, 0.15) is 23.0 Å². The molecule has 0 saturated heterocycles. The maximum atomic E-state index is 12.8. The molecule has 0 atom stereocenters. The van der Waals surface area contributed by atoms with Gasteiger partial charge in [0.15, 0.2) is 0 Å². The molecule has 0 amide bonds. The molecule has 0 spiro atoms. The Morgan fingerprint density at radius 2 is 1.00 bits per heavy atom. The smallest absolute Gasteiger partial charge is 0.333 e. The van der Waals surface area contributed by atoms with Crippen molar-refractivity contribution in [3.63, 3.8) is 0 Å². The van der Waals surface area contributed by atoms with E-state index in [-0.39, 0.29) is 29.7 Å². The highest BCUT2D eigenvalue weighted by atomic mass is 16.5. The van der Waals surface area contributed by atoms with E-state index < -0.39 is 0 Å². The Labute approximate surface area is 277 Å². The van der Waals surface area contributed by atoms with E-state index in [2.05, 4.69) is 11.3 Å². The van der Waals surface area contributed by atoms with E-state index in [1.54, 1.807) is 55.5 Å². The van der Waals surface area contributed by atoms with Crippen LogP contribution in [-0.4, -0.2) is 50.8 Å². The van der Waals surface area contributed by atoms with Crippen LogP contribution >= 0.6 is 0 Å². The van der Waals surface area contributed by atoms with Crippen LogP contribution in [0.15, 0.2) is 60.7 Å². The number of rotatable bonds is 22. The van der Waals surface area contributed by atoms with Crippen molar-refractivity contribution in [1.82, 2.24) is 0 Å². The second kappa shape index (κ2) is 21.5. The molecule has 47 heavy (non-hydrogen) atoms. The van der Waals surface area contributed by atoms with E-state index in [0.717, 1.165) is 51.4 Å². The van der Waals surface area contributed by atoms with Crippen LogP contribution in [-0.2, 0) is 28.7 Å². The Balaban J connectivity index is 1.26. The third-order valence-electron chi connectivity index (χ3n) is 7.86. The molecule has 1 aliphatic rings. The molecule has 2 aromatic rings. The summed E-state index contributed by atoms with van der Waals surface area (Å²) < 4.78 is 32.5. The summed E-state index contributed by atoms with van der Waals surface area (Å²) in [5.74, 6) is 0.880. The molecule has 1 saturated carbocycles. The second-order valence-electron chi connectivity index (χ2n) is 11.7. The average Bonchev–Trinajstić information content (AvgIpc) is 3.08. The summed E-state index contributed by atoms with van der Waals surface area (Å²) in [6.45, 7) is 7.67. The van der Waals surface area contributed by atoms with Crippen LogP contribution in [0.1, 0.15) is 84.0 Å². The molecule has 1 aliphatic carbocycles. The van der Waals surface area contributed by atoms with Gasteiger partial charge in [-0.1, -0.05) is 6.58 Å². The summed E-state index contributed by atoms with van der Waals surface area (Å²) in [4.78, 5) is 47.0. The summed E-state index contributed by atoms with van der Waals surface area (Å²) in [5.41, 5.74) is 0.409. The van der Waals surface area contributed by atoms with Crippen LogP contribution < -0.4 is 18.9 Å². The number of carbonyl (C=O) groups excluding carboxylic acids is 4.